The van der Waals surface area contributed by atoms with Crippen molar-refractivity contribution in [2.45, 2.75) is 45.1 Å². The zero-order valence-electron chi connectivity index (χ0n) is 11.5. The van der Waals surface area contributed by atoms with E-state index in [-0.39, 0.29) is 0 Å². The fraction of sp³-hybridized carbons (Fsp3) is 0.600. The summed E-state index contributed by atoms with van der Waals surface area (Å²) in [5, 5.41) is 3.46. The van der Waals surface area contributed by atoms with Crippen LogP contribution in [0.25, 0.3) is 0 Å². The lowest BCUT2D eigenvalue weighted by molar-refractivity contribution is 0.597. The number of hydrogen-bond donors (Lipinski definition) is 1. The second-order valence-electron chi connectivity index (χ2n) is 4.68. The molecule has 1 aromatic rings. The number of thioether (sulfide) groups is 1. The van der Waals surface area contributed by atoms with Crippen molar-refractivity contribution < 1.29 is 0 Å². The second-order valence-corrected chi connectivity index (χ2v) is 5.77. The van der Waals surface area contributed by atoms with Crippen LogP contribution in [-0.4, -0.2) is 12.3 Å². The summed E-state index contributed by atoms with van der Waals surface area (Å²) in [5.74, 6) is 2.02. The highest BCUT2D eigenvalue weighted by Crippen LogP contribution is 2.24. The third-order valence-corrected chi connectivity index (χ3v) is 4.42. The van der Waals surface area contributed by atoms with Gasteiger partial charge in [-0.15, -0.1) is 11.8 Å². The van der Waals surface area contributed by atoms with Crippen LogP contribution < -0.4 is 5.32 Å². The molecule has 2 heteroatoms. The third kappa shape index (κ3) is 5.13. The van der Waals surface area contributed by atoms with E-state index in [4.69, 9.17) is 0 Å². The molecule has 0 saturated heterocycles. The zero-order valence-corrected chi connectivity index (χ0v) is 12.3. The summed E-state index contributed by atoms with van der Waals surface area (Å²) >= 11 is 1.97. The Hall–Kier alpha value is -0.470. The van der Waals surface area contributed by atoms with Gasteiger partial charge in [-0.2, -0.15) is 0 Å². The number of benzene rings is 1. The molecule has 1 nitrogen and oxygen atoms in total. The summed E-state index contributed by atoms with van der Waals surface area (Å²) < 4.78 is 0. The maximum Gasteiger partial charge on any atom is 0.0292 e. The van der Waals surface area contributed by atoms with Gasteiger partial charge in [-0.25, -0.2) is 0 Å². The van der Waals surface area contributed by atoms with Crippen LogP contribution in [0.1, 0.15) is 45.7 Å². The molecule has 0 fully saturated rings. The summed E-state index contributed by atoms with van der Waals surface area (Å²) in [7, 11) is 0. The molecule has 0 spiro atoms. The van der Waals surface area contributed by atoms with Crippen molar-refractivity contribution in [1.82, 2.24) is 5.32 Å². The van der Waals surface area contributed by atoms with Gasteiger partial charge in [-0.3, -0.25) is 0 Å². The van der Waals surface area contributed by atoms with E-state index in [1.54, 1.807) is 0 Å². The van der Waals surface area contributed by atoms with E-state index in [2.05, 4.69) is 57.3 Å². The number of hydrogen-bond acceptors (Lipinski definition) is 2. The molecule has 0 heterocycles. The van der Waals surface area contributed by atoms with Crippen LogP contribution in [0.2, 0.25) is 0 Å². The van der Waals surface area contributed by atoms with E-state index in [9.17, 15) is 0 Å². The summed E-state index contributed by atoms with van der Waals surface area (Å²) in [6.45, 7) is 9.97. The Morgan fingerprint density at radius 2 is 2.00 bits per heavy atom. The fourth-order valence-corrected chi connectivity index (χ4v) is 2.76. The summed E-state index contributed by atoms with van der Waals surface area (Å²) in [6.07, 6.45) is 1.26. The predicted molar refractivity (Wildman–Crippen MR) is 78.7 cm³/mol. The second kappa shape index (κ2) is 7.78. The standard InChI is InChI=1S/C15H25NS/c1-5-12(3)11-17-15-9-7-8-14(10-15)13(4)16-6-2/h7-10,12-13,16H,5-6,11H2,1-4H3. The first-order valence-electron chi connectivity index (χ1n) is 6.63. The highest BCUT2D eigenvalue weighted by molar-refractivity contribution is 7.99. The Balaban J connectivity index is 2.59. The maximum atomic E-state index is 3.46. The number of nitrogens with one attached hydrogen (secondary N) is 1. The van der Waals surface area contributed by atoms with Gasteiger partial charge in [0.2, 0.25) is 0 Å². The first-order chi connectivity index (χ1) is 8.17. The fourth-order valence-electron chi connectivity index (χ4n) is 1.65. The molecule has 0 saturated carbocycles. The van der Waals surface area contributed by atoms with Crippen molar-refractivity contribution >= 4 is 11.8 Å². The van der Waals surface area contributed by atoms with Crippen LogP contribution in [0.15, 0.2) is 29.2 Å². The molecule has 0 aliphatic rings. The molecule has 1 rings (SSSR count). The molecule has 0 bridgehead atoms. The minimum absolute atomic E-state index is 0.448. The molecule has 0 aliphatic heterocycles. The maximum absolute atomic E-state index is 3.46. The van der Waals surface area contributed by atoms with Gasteiger partial charge in [0.25, 0.3) is 0 Å². The Labute approximate surface area is 110 Å². The Kier molecular flexibility index (Phi) is 6.68. The molecule has 0 aromatic heterocycles. The van der Waals surface area contributed by atoms with E-state index in [1.807, 2.05) is 11.8 Å². The quantitative estimate of drug-likeness (QED) is 0.716. The van der Waals surface area contributed by atoms with E-state index < -0.39 is 0 Å². The Bertz CT molecular complexity index is 324. The summed E-state index contributed by atoms with van der Waals surface area (Å²) in [4.78, 5) is 1.40. The van der Waals surface area contributed by atoms with Crippen molar-refractivity contribution in [3.05, 3.63) is 29.8 Å². The van der Waals surface area contributed by atoms with Crippen LogP contribution in [0, 0.1) is 5.92 Å². The lowest BCUT2D eigenvalue weighted by atomic mass is 10.1. The van der Waals surface area contributed by atoms with Crippen LogP contribution in [-0.2, 0) is 0 Å². The van der Waals surface area contributed by atoms with E-state index in [0.29, 0.717) is 6.04 Å². The number of rotatable bonds is 7. The lowest BCUT2D eigenvalue weighted by Crippen LogP contribution is -2.17. The van der Waals surface area contributed by atoms with Gasteiger partial charge < -0.3 is 5.32 Å². The molecule has 0 radical (unpaired) electrons. The lowest BCUT2D eigenvalue weighted by Gasteiger charge is -2.14. The van der Waals surface area contributed by atoms with Gasteiger partial charge in [0, 0.05) is 16.7 Å². The van der Waals surface area contributed by atoms with Crippen LogP contribution in [0.4, 0.5) is 0 Å². The molecule has 0 aliphatic carbocycles. The van der Waals surface area contributed by atoms with Gasteiger partial charge in [0.1, 0.15) is 0 Å². The molecule has 2 unspecified atom stereocenters. The molecule has 0 amide bonds. The van der Waals surface area contributed by atoms with Gasteiger partial charge in [-0.05, 0) is 37.1 Å². The molecular weight excluding hydrogens is 226 g/mol. The average Bonchev–Trinajstić information content (AvgIpc) is 2.36. The highest BCUT2D eigenvalue weighted by Gasteiger charge is 2.05. The average molecular weight is 251 g/mol. The predicted octanol–water partition coefficient (Wildman–Crippen LogP) is 4.50. The Morgan fingerprint density at radius 3 is 2.65 bits per heavy atom. The SMILES string of the molecule is CCNC(C)c1cccc(SCC(C)CC)c1. The monoisotopic (exact) mass is 251 g/mol. The van der Waals surface area contributed by atoms with E-state index >= 15 is 0 Å². The summed E-state index contributed by atoms with van der Waals surface area (Å²) in [6, 6.07) is 9.36. The minimum Gasteiger partial charge on any atom is -0.310 e. The van der Waals surface area contributed by atoms with Gasteiger partial charge in [0.05, 0.1) is 0 Å². The van der Waals surface area contributed by atoms with E-state index in [0.717, 1.165) is 12.5 Å². The highest BCUT2D eigenvalue weighted by atomic mass is 32.2. The minimum atomic E-state index is 0.448. The van der Waals surface area contributed by atoms with Crippen LogP contribution >= 0.6 is 11.8 Å². The zero-order chi connectivity index (χ0) is 12.7. The molecule has 2 atom stereocenters. The van der Waals surface area contributed by atoms with Gasteiger partial charge >= 0.3 is 0 Å². The Morgan fingerprint density at radius 1 is 1.24 bits per heavy atom. The van der Waals surface area contributed by atoms with Crippen molar-refractivity contribution in [1.29, 1.82) is 0 Å². The normalized spacial score (nSPS) is 14.6. The molecular formula is C15H25NS. The summed E-state index contributed by atoms with van der Waals surface area (Å²) in [5.41, 5.74) is 1.39. The van der Waals surface area contributed by atoms with Crippen molar-refractivity contribution in [3.8, 4) is 0 Å². The molecule has 1 N–H and O–H groups in total. The first-order valence-corrected chi connectivity index (χ1v) is 7.62. The van der Waals surface area contributed by atoms with E-state index in [1.165, 1.54) is 22.6 Å². The van der Waals surface area contributed by atoms with Crippen molar-refractivity contribution in [2.24, 2.45) is 5.92 Å². The molecule has 1 aromatic carbocycles. The van der Waals surface area contributed by atoms with Gasteiger partial charge in [0.15, 0.2) is 0 Å². The van der Waals surface area contributed by atoms with Crippen LogP contribution in [0.5, 0.6) is 0 Å². The molecule has 96 valence electrons. The third-order valence-electron chi connectivity index (χ3n) is 3.10. The smallest absolute Gasteiger partial charge is 0.0292 e. The van der Waals surface area contributed by atoms with Crippen LogP contribution in [0.3, 0.4) is 0 Å². The van der Waals surface area contributed by atoms with Crippen molar-refractivity contribution in [2.75, 3.05) is 12.3 Å². The molecule has 17 heavy (non-hydrogen) atoms. The van der Waals surface area contributed by atoms with Crippen molar-refractivity contribution in [3.63, 3.8) is 0 Å². The topological polar surface area (TPSA) is 12.0 Å². The first kappa shape index (κ1) is 14.6. The largest absolute Gasteiger partial charge is 0.310 e. The van der Waals surface area contributed by atoms with Gasteiger partial charge in [-0.1, -0.05) is 39.3 Å².